The third-order valence-corrected chi connectivity index (χ3v) is 5.08. The Morgan fingerprint density at radius 1 is 1.16 bits per heavy atom. The van der Waals surface area contributed by atoms with Crippen molar-refractivity contribution in [2.24, 2.45) is 5.41 Å². The molecule has 0 bridgehead atoms. The third-order valence-electron chi connectivity index (χ3n) is 5.08. The second-order valence-corrected chi connectivity index (χ2v) is 6.98. The zero-order valence-electron chi connectivity index (χ0n) is 12.6. The minimum absolute atomic E-state index is 0.340. The van der Waals surface area contributed by atoms with Gasteiger partial charge < -0.3 is 5.11 Å². The summed E-state index contributed by atoms with van der Waals surface area (Å²) in [5.74, 6) is -0.701. The van der Waals surface area contributed by atoms with E-state index in [0.29, 0.717) is 5.41 Å². The van der Waals surface area contributed by atoms with E-state index < -0.39 is 5.97 Å². The fraction of sp³-hybridized carbons (Fsp3) is 0.933. The van der Waals surface area contributed by atoms with Crippen LogP contribution in [0, 0.1) is 5.41 Å². The van der Waals surface area contributed by atoms with Crippen LogP contribution in [0.3, 0.4) is 0 Å². The van der Waals surface area contributed by atoms with Crippen LogP contribution in [0.1, 0.15) is 46.5 Å². The lowest BCUT2D eigenvalue weighted by Crippen LogP contribution is -2.54. The molecule has 0 spiro atoms. The molecule has 0 amide bonds. The molecule has 1 unspecified atom stereocenters. The van der Waals surface area contributed by atoms with Crippen LogP contribution in [0.4, 0.5) is 0 Å². The molecule has 2 aliphatic rings. The number of rotatable bonds is 3. The first-order chi connectivity index (χ1) is 8.89. The molecule has 0 aromatic heterocycles. The molecule has 1 atom stereocenters. The summed E-state index contributed by atoms with van der Waals surface area (Å²) in [5.41, 5.74) is 0.524. The van der Waals surface area contributed by atoms with Gasteiger partial charge in [-0.05, 0) is 38.0 Å². The average molecular weight is 268 g/mol. The van der Waals surface area contributed by atoms with E-state index in [1.807, 2.05) is 0 Å². The Morgan fingerprint density at radius 3 is 2.16 bits per heavy atom. The molecular weight excluding hydrogens is 240 g/mol. The Hall–Kier alpha value is -0.610. The lowest BCUT2D eigenvalue weighted by atomic mass is 9.75. The lowest BCUT2D eigenvalue weighted by Gasteiger charge is -2.44. The van der Waals surface area contributed by atoms with E-state index in [1.165, 1.54) is 25.7 Å². The molecular formula is C15H28N2O2. The fourth-order valence-electron chi connectivity index (χ4n) is 3.40. The van der Waals surface area contributed by atoms with Crippen molar-refractivity contribution in [3.63, 3.8) is 0 Å². The van der Waals surface area contributed by atoms with Crippen molar-refractivity contribution in [2.45, 2.75) is 58.5 Å². The van der Waals surface area contributed by atoms with Gasteiger partial charge in [-0.2, -0.15) is 0 Å². The number of hydrogen-bond acceptors (Lipinski definition) is 3. The number of carboxylic acids is 1. The Morgan fingerprint density at radius 2 is 1.68 bits per heavy atom. The predicted molar refractivity (Wildman–Crippen MR) is 76.3 cm³/mol. The maximum atomic E-state index is 11.0. The first-order valence-electron chi connectivity index (χ1n) is 7.60. The van der Waals surface area contributed by atoms with Crippen LogP contribution in [0.2, 0.25) is 0 Å². The maximum absolute atomic E-state index is 11.0. The zero-order valence-corrected chi connectivity index (χ0v) is 12.6. The summed E-state index contributed by atoms with van der Waals surface area (Å²) in [5, 5.41) is 9.05. The van der Waals surface area contributed by atoms with Crippen LogP contribution in [0.5, 0.6) is 0 Å². The topological polar surface area (TPSA) is 43.8 Å². The summed E-state index contributed by atoms with van der Waals surface area (Å²) in [6.07, 6.45) is 5.26. The molecule has 1 aliphatic heterocycles. The van der Waals surface area contributed by atoms with Crippen LogP contribution in [-0.2, 0) is 4.79 Å². The smallest absolute Gasteiger partial charge is 0.320 e. The molecule has 4 heteroatoms. The van der Waals surface area contributed by atoms with Gasteiger partial charge in [-0.25, -0.2) is 0 Å². The van der Waals surface area contributed by atoms with E-state index in [1.54, 1.807) is 6.92 Å². The van der Waals surface area contributed by atoms with Gasteiger partial charge in [0.1, 0.15) is 6.04 Å². The quantitative estimate of drug-likeness (QED) is 0.851. The Balaban J connectivity index is 1.79. The van der Waals surface area contributed by atoms with E-state index in [2.05, 4.69) is 23.6 Å². The molecule has 19 heavy (non-hydrogen) atoms. The highest BCUT2D eigenvalue weighted by molar-refractivity contribution is 5.72. The van der Waals surface area contributed by atoms with Gasteiger partial charge in [-0.15, -0.1) is 0 Å². The van der Waals surface area contributed by atoms with Crippen molar-refractivity contribution in [1.82, 2.24) is 9.80 Å². The highest BCUT2D eigenvalue weighted by atomic mass is 16.4. The average Bonchev–Trinajstić information content (AvgIpc) is 2.38. The number of carbonyl (C=O) groups is 1. The molecule has 0 aromatic rings. The van der Waals surface area contributed by atoms with Crippen LogP contribution in [0.25, 0.3) is 0 Å². The van der Waals surface area contributed by atoms with Gasteiger partial charge >= 0.3 is 5.97 Å². The van der Waals surface area contributed by atoms with Crippen molar-refractivity contribution in [2.75, 3.05) is 26.2 Å². The largest absolute Gasteiger partial charge is 0.480 e. The van der Waals surface area contributed by atoms with Gasteiger partial charge in [0.05, 0.1) is 0 Å². The number of nitrogens with zero attached hydrogens (tertiary/aromatic N) is 2. The normalized spacial score (nSPS) is 28.2. The number of aliphatic carboxylic acids is 1. The Bertz CT molecular complexity index is 312. The van der Waals surface area contributed by atoms with Gasteiger partial charge in [0.15, 0.2) is 0 Å². The summed E-state index contributed by atoms with van der Waals surface area (Å²) in [4.78, 5) is 15.7. The monoisotopic (exact) mass is 268 g/mol. The molecule has 0 radical (unpaired) electrons. The second kappa shape index (κ2) is 5.80. The molecule has 1 saturated carbocycles. The van der Waals surface area contributed by atoms with E-state index in [0.717, 1.165) is 32.2 Å². The highest BCUT2D eigenvalue weighted by Crippen LogP contribution is 2.37. The van der Waals surface area contributed by atoms with Crippen LogP contribution in [-0.4, -0.2) is 59.1 Å². The van der Waals surface area contributed by atoms with Crippen molar-refractivity contribution in [3.05, 3.63) is 0 Å². The summed E-state index contributed by atoms with van der Waals surface area (Å²) in [7, 11) is 0. The van der Waals surface area contributed by atoms with Crippen LogP contribution < -0.4 is 0 Å². The standard InChI is InChI=1S/C15H28N2O2/c1-12(14(18)19)16-8-10-17(11-9-16)13-4-6-15(2,3)7-5-13/h12-13H,4-11H2,1-3H3,(H,18,19). The second-order valence-electron chi connectivity index (χ2n) is 6.98. The van der Waals surface area contributed by atoms with Crippen LogP contribution in [0.15, 0.2) is 0 Å². The minimum Gasteiger partial charge on any atom is -0.480 e. The third kappa shape index (κ3) is 3.69. The van der Waals surface area contributed by atoms with Crippen molar-refractivity contribution in [3.8, 4) is 0 Å². The van der Waals surface area contributed by atoms with Crippen LogP contribution >= 0.6 is 0 Å². The predicted octanol–water partition coefficient (Wildman–Crippen LogP) is 2.05. The van der Waals surface area contributed by atoms with Gasteiger partial charge in [-0.1, -0.05) is 13.8 Å². The molecule has 1 N–H and O–H groups in total. The minimum atomic E-state index is -0.701. The van der Waals surface area contributed by atoms with Crippen molar-refractivity contribution >= 4 is 5.97 Å². The summed E-state index contributed by atoms with van der Waals surface area (Å²) < 4.78 is 0. The molecule has 2 rings (SSSR count). The molecule has 1 saturated heterocycles. The van der Waals surface area contributed by atoms with E-state index in [9.17, 15) is 4.79 Å². The van der Waals surface area contributed by atoms with Crippen molar-refractivity contribution in [1.29, 1.82) is 0 Å². The molecule has 0 aromatic carbocycles. The molecule has 2 fully saturated rings. The number of carboxylic acid groups (broad SMARTS) is 1. The molecule has 1 aliphatic carbocycles. The van der Waals surface area contributed by atoms with Gasteiger partial charge in [0, 0.05) is 32.2 Å². The number of hydrogen-bond donors (Lipinski definition) is 1. The van der Waals surface area contributed by atoms with Gasteiger partial charge in [-0.3, -0.25) is 14.6 Å². The summed E-state index contributed by atoms with van der Waals surface area (Å²) >= 11 is 0. The molecule has 4 nitrogen and oxygen atoms in total. The Kier molecular flexibility index (Phi) is 4.51. The first kappa shape index (κ1) is 14.8. The summed E-state index contributed by atoms with van der Waals surface area (Å²) in [6.45, 7) is 10.4. The molecule has 1 heterocycles. The van der Waals surface area contributed by atoms with E-state index in [-0.39, 0.29) is 6.04 Å². The lowest BCUT2D eigenvalue weighted by molar-refractivity contribution is -0.143. The van der Waals surface area contributed by atoms with Gasteiger partial charge in [0.2, 0.25) is 0 Å². The maximum Gasteiger partial charge on any atom is 0.320 e. The Labute approximate surface area is 116 Å². The SMILES string of the molecule is CC(C(=O)O)N1CCN(C2CCC(C)(C)CC2)CC1. The fourth-order valence-corrected chi connectivity index (χ4v) is 3.40. The first-order valence-corrected chi connectivity index (χ1v) is 7.60. The van der Waals surface area contributed by atoms with Crippen molar-refractivity contribution < 1.29 is 9.90 Å². The highest BCUT2D eigenvalue weighted by Gasteiger charge is 2.32. The van der Waals surface area contributed by atoms with E-state index in [4.69, 9.17) is 5.11 Å². The zero-order chi connectivity index (χ0) is 14.0. The molecule has 110 valence electrons. The summed E-state index contributed by atoms with van der Waals surface area (Å²) in [6, 6.07) is 0.391. The van der Waals surface area contributed by atoms with Gasteiger partial charge in [0.25, 0.3) is 0 Å². The number of piperazine rings is 1. The van der Waals surface area contributed by atoms with E-state index >= 15 is 0 Å².